The molecule has 0 aliphatic carbocycles. The highest BCUT2D eigenvalue weighted by Crippen LogP contribution is 2.17. The molecular weight excluding hydrogens is 260 g/mol. The molecule has 0 radical (unpaired) electrons. The van der Waals surface area contributed by atoms with Gasteiger partial charge in [-0.3, -0.25) is 4.79 Å². The summed E-state index contributed by atoms with van der Waals surface area (Å²) in [6.07, 6.45) is 3.15. The van der Waals surface area contributed by atoms with Gasteiger partial charge in [-0.2, -0.15) is 0 Å². The van der Waals surface area contributed by atoms with Gasteiger partial charge in [-0.05, 0) is 30.7 Å². The normalized spacial score (nSPS) is 13.6. The first-order valence-corrected chi connectivity index (χ1v) is 6.34. The van der Waals surface area contributed by atoms with Gasteiger partial charge >= 0.3 is 0 Å². The number of hydrogen-bond acceptors (Lipinski definition) is 1. The van der Waals surface area contributed by atoms with E-state index in [0.717, 1.165) is 31.2 Å². The monoisotopic (exact) mass is 271 g/mol. The molecule has 2 aromatic rings. The van der Waals surface area contributed by atoms with Crippen LogP contribution >= 0.6 is 0 Å². The van der Waals surface area contributed by atoms with Crippen molar-refractivity contribution in [3.05, 3.63) is 58.9 Å². The van der Waals surface area contributed by atoms with E-state index in [1.54, 1.807) is 12.3 Å². The number of aromatic nitrogens is 1. The molecule has 4 heteroatoms. The number of halogens is 2. The van der Waals surface area contributed by atoms with Gasteiger partial charge in [0.25, 0.3) is 0 Å². The Labute approximate surface area is 115 Å². The Kier molecular flexibility index (Phi) is 3.11. The van der Waals surface area contributed by atoms with Crippen molar-refractivity contribution in [2.75, 3.05) is 0 Å². The molecule has 1 aromatic heterocycles. The summed E-state index contributed by atoms with van der Waals surface area (Å²) in [6, 6.07) is 4.86. The van der Waals surface area contributed by atoms with E-state index in [-0.39, 0.29) is 11.3 Å². The Balaban J connectivity index is 1.95. The van der Waals surface area contributed by atoms with Crippen molar-refractivity contribution < 1.29 is 13.6 Å². The molecule has 0 atom stereocenters. The number of Topliss-reactive ketones (excluding diaryl/α,β-unsaturated/α-hetero) is 1. The molecule has 1 aromatic carbocycles. The van der Waals surface area contributed by atoms with Crippen molar-refractivity contribution in [3.8, 4) is 11.8 Å². The number of rotatable bonds is 0. The summed E-state index contributed by atoms with van der Waals surface area (Å²) in [7, 11) is 0. The van der Waals surface area contributed by atoms with Crippen LogP contribution in [0.2, 0.25) is 0 Å². The molecule has 1 aliphatic heterocycles. The molecule has 2 heterocycles. The summed E-state index contributed by atoms with van der Waals surface area (Å²) in [5.41, 5.74) is 1.29. The number of aryl methyl sites for hydroxylation is 1. The van der Waals surface area contributed by atoms with Crippen LogP contribution in [0.1, 0.15) is 34.5 Å². The van der Waals surface area contributed by atoms with E-state index in [2.05, 4.69) is 11.8 Å². The number of nitrogens with zero attached hydrogens (tertiary/aromatic N) is 1. The van der Waals surface area contributed by atoms with Gasteiger partial charge in [-0.15, -0.1) is 0 Å². The molecule has 0 saturated carbocycles. The van der Waals surface area contributed by atoms with E-state index >= 15 is 0 Å². The third kappa shape index (κ3) is 2.35. The van der Waals surface area contributed by atoms with Crippen molar-refractivity contribution in [2.24, 2.45) is 0 Å². The van der Waals surface area contributed by atoms with E-state index in [1.165, 1.54) is 0 Å². The zero-order chi connectivity index (χ0) is 14.1. The quantitative estimate of drug-likeness (QED) is 0.675. The number of carbonyl (C=O) groups is 1. The minimum absolute atomic E-state index is 0.0144. The first-order chi connectivity index (χ1) is 9.63. The standard InChI is InChI=1S/C16H11F2NO/c17-13-5-6-14(18)12(9-13)4-3-11-8-15-16(20)2-1-7-19(15)10-11/h5-6,8-10H,1-2,7H2. The van der Waals surface area contributed by atoms with Crippen molar-refractivity contribution in [2.45, 2.75) is 19.4 Å². The molecule has 0 unspecified atom stereocenters. The smallest absolute Gasteiger partial charge is 0.179 e. The molecule has 100 valence electrons. The van der Waals surface area contributed by atoms with Gasteiger partial charge in [-0.1, -0.05) is 11.8 Å². The first-order valence-electron chi connectivity index (χ1n) is 6.34. The summed E-state index contributed by atoms with van der Waals surface area (Å²) in [6.45, 7) is 0.789. The van der Waals surface area contributed by atoms with Crippen LogP contribution in [0.5, 0.6) is 0 Å². The summed E-state index contributed by atoms with van der Waals surface area (Å²) < 4.78 is 28.3. The van der Waals surface area contributed by atoms with Gasteiger partial charge in [0.15, 0.2) is 5.78 Å². The molecule has 0 N–H and O–H groups in total. The average Bonchev–Trinajstić information content (AvgIpc) is 2.84. The van der Waals surface area contributed by atoms with Gasteiger partial charge in [0.2, 0.25) is 0 Å². The fourth-order valence-corrected chi connectivity index (χ4v) is 2.27. The molecule has 0 spiro atoms. The second-order valence-corrected chi connectivity index (χ2v) is 4.71. The molecule has 20 heavy (non-hydrogen) atoms. The summed E-state index contributed by atoms with van der Waals surface area (Å²) in [5.74, 6) is 4.40. The SMILES string of the molecule is O=C1CCCn2cc(C#Cc3cc(F)ccc3F)cc21. The lowest BCUT2D eigenvalue weighted by Crippen LogP contribution is -2.14. The fourth-order valence-electron chi connectivity index (χ4n) is 2.27. The highest BCUT2D eigenvalue weighted by Gasteiger charge is 2.17. The van der Waals surface area contributed by atoms with Crippen LogP contribution in [-0.4, -0.2) is 10.4 Å². The minimum Gasteiger partial charge on any atom is -0.344 e. The van der Waals surface area contributed by atoms with Crippen LogP contribution in [-0.2, 0) is 6.54 Å². The zero-order valence-corrected chi connectivity index (χ0v) is 10.6. The van der Waals surface area contributed by atoms with E-state index in [4.69, 9.17) is 0 Å². The van der Waals surface area contributed by atoms with Gasteiger partial charge in [0.05, 0.1) is 11.3 Å². The number of carbonyl (C=O) groups excluding carboxylic acids is 1. The van der Waals surface area contributed by atoms with Crippen molar-refractivity contribution >= 4 is 5.78 Å². The second-order valence-electron chi connectivity index (χ2n) is 4.71. The van der Waals surface area contributed by atoms with Gasteiger partial charge < -0.3 is 4.57 Å². The predicted octanol–water partition coefficient (Wildman–Crippen LogP) is 3.14. The van der Waals surface area contributed by atoms with Crippen LogP contribution < -0.4 is 0 Å². The third-order valence-electron chi connectivity index (χ3n) is 3.26. The molecular formula is C16H11F2NO. The molecule has 0 fully saturated rings. The first kappa shape index (κ1) is 12.6. The lowest BCUT2D eigenvalue weighted by atomic mass is 10.1. The molecule has 0 saturated heterocycles. The predicted molar refractivity (Wildman–Crippen MR) is 70.3 cm³/mol. The Morgan fingerprint density at radius 3 is 2.80 bits per heavy atom. The summed E-state index contributed by atoms with van der Waals surface area (Å²) >= 11 is 0. The minimum atomic E-state index is -0.557. The Hall–Kier alpha value is -2.41. The van der Waals surface area contributed by atoms with Crippen LogP contribution in [0.3, 0.4) is 0 Å². The average molecular weight is 271 g/mol. The van der Waals surface area contributed by atoms with E-state index < -0.39 is 11.6 Å². The van der Waals surface area contributed by atoms with Crippen LogP contribution in [0, 0.1) is 23.5 Å². The van der Waals surface area contributed by atoms with Crippen LogP contribution in [0.25, 0.3) is 0 Å². The van der Waals surface area contributed by atoms with Crippen molar-refractivity contribution in [3.63, 3.8) is 0 Å². The maximum Gasteiger partial charge on any atom is 0.179 e. The molecule has 1 aliphatic rings. The number of ketones is 1. The third-order valence-corrected chi connectivity index (χ3v) is 3.26. The van der Waals surface area contributed by atoms with Gasteiger partial charge in [0, 0.05) is 24.7 Å². The number of hydrogen-bond donors (Lipinski definition) is 0. The molecule has 3 rings (SSSR count). The second kappa shape index (κ2) is 4.93. The Morgan fingerprint density at radius 2 is 2.00 bits per heavy atom. The number of benzene rings is 1. The maximum atomic E-state index is 13.4. The summed E-state index contributed by atoms with van der Waals surface area (Å²) in [4.78, 5) is 11.7. The van der Waals surface area contributed by atoms with E-state index in [0.29, 0.717) is 17.7 Å². The van der Waals surface area contributed by atoms with Gasteiger partial charge in [0.1, 0.15) is 11.6 Å². The fraction of sp³-hybridized carbons (Fsp3) is 0.188. The van der Waals surface area contributed by atoms with Crippen LogP contribution in [0.15, 0.2) is 30.5 Å². The lowest BCUT2D eigenvalue weighted by molar-refractivity contribution is 0.0955. The van der Waals surface area contributed by atoms with Crippen LogP contribution in [0.4, 0.5) is 8.78 Å². The summed E-state index contributed by atoms with van der Waals surface area (Å²) in [5, 5.41) is 0. The maximum absolute atomic E-state index is 13.4. The van der Waals surface area contributed by atoms with Crippen molar-refractivity contribution in [1.29, 1.82) is 0 Å². The molecule has 0 amide bonds. The highest BCUT2D eigenvalue weighted by atomic mass is 19.1. The zero-order valence-electron chi connectivity index (χ0n) is 10.6. The van der Waals surface area contributed by atoms with E-state index in [9.17, 15) is 13.6 Å². The highest BCUT2D eigenvalue weighted by molar-refractivity contribution is 5.95. The molecule has 2 nitrogen and oxygen atoms in total. The van der Waals surface area contributed by atoms with Gasteiger partial charge in [-0.25, -0.2) is 8.78 Å². The van der Waals surface area contributed by atoms with E-state index in [1.807, 2.05) is 4.57 Å². The lowest BCUT2D eigenvalue weighted by Gasteiger charge is -2.12. The molecule has 0 bridgehead atoms. The Morgan fingerprint density at radius 1 is 1.15 bits per heavy atom. The number of fused-ring (bicyclic) bond motifs is 1. The Bertz CT molecular complexity index is 750. The largest absolute Gasteiger partial charge is 0.344 e. The topological polar surface area (TPSA) is 22.0 Å². The van der Waals surface area contributed by atoms with Crippen molar-refractivity contribution in [1.82, 2.24) is 4.57 Å².